The van der Waals surface area contributed by atoms with Crippen LogP contribution in [0.25, 0.3) is 11.3 Å². The summed E-state index contributed by atoms with van der Waals surface area (Å²) in [4.78, 5) is 10.3. The molecule has 0 unspecified atom stereocenters. The van der Waals surface area contributed by atoms with Gasteiger partial charge in [-0.2, -0.15) is 0 Å². The van der Waals surface area contributed by atoms with Crippen LogP contribution in [0.1, 0.15) is 11.3 Å². The second kappa shape index (κ2) is 8.03. The van der Waals surface area contributed by atoms with Crippen molar-refractivity contribution in [3.8, 4) is 11.3 Å². The van der Waals surface area contributed by atoms with Crippen molar-refractivity contribution in [1.82, 2.24) is 9.55 Å². The molecule has 134 valence electrons. The van der Waals surface area contributed by atoms with Crippen molar-refractivity contribution in [1.29, 1.82) is 0 Å². The molecule has 0 amide bonds. The molecule has 0 saturated carbocycles. The number of aromatic nitrogens is 2. The topological polar surface area (TPSA) is 30.2 Å². The standard InChI is InChI=1S/C22H18BrN3S/c1-16-6-5-9-21(24-16)25-22-26(14-17-7-3-2-4-8-17)20(15-27-22)18-10-12-19(23)13-11-18/h2-13,15H,14H2,1H3/b25-22-. The molecule has 0 aliphatic rings. The summed E-state index contributed by atoms with van der Waals surface area (Å²) in [5.74, 6) is 0.737. The lowest BCUT2D eigenvalue weighted by Gasteiger charge is -2.10. The predicted octanol–water partition coefficient (Wildman–Crippen LogP) is 5.96. The van der Waals surface area contributed by atoms with Crippen LogP contribution in [0.2, 0.25) is 0 Å². The summed E-state index contributed by atoms with van der Waals surface area (Å²) in [5.41, 5.74) is 4.54. The van der Waals surface area contributed by atoms with E-state index in [-0.39, 0.29) is 0 Å². The molecule has 0 radical (unpaired) electrons. The summed E-state index contributed by atoms with van der Waals surface area (Å²) >= 11 is 5.16. The summed E-state index contributed by atoms with van der Waals surface area (Å²) in [7, 11) is 0. The zero-order chi connectivity index (χ0) is 18.6. The lowest BCUT2D eigenvalue weighted by atomic mass is 10.1. The van der Waals surface area contributed by atoms with E-state index >= 15 is 0 Å². The van der Waals surface area contributed by atoms with Crippen LogP contribution in [0.5, 0.6) is 0 Å². The van der Waals surface area contributed by atoms with E-state index in [0.29, 0.717) is 0 Å². The zero-order valence-corrected chi connectivity index (χ0v) is 17.2. The maximum Gasteiger partial charge on any atom is 0.192 e. The molecule has 5 heteroatoms. The van der Waals surface area contributed by atoms with E-state index in [1.165, 1.54) is 11.1 Å². The number of benzene rings is 2. The molecule has 2 heterocycles. The quantitative estimate of drug-likeness (QED) is 0.388. The van der Waals surface area contributed by atoms with Gasteiger partial charge in [0.25, 0.3) is 0 Å². The highest BCUT2D eigenvalue weighted by atomic mass is 79.9. The molecule has 27 heavy (non-hydrogen) atoms. The Morgan fingerprint density at radius 2 is 1.74 bits per heavy atom. The third-order valence-corrected chi connectivity index (χ3v) is 5.60. The van der Waals surface area contributed by atoms with Gasteiger partial charge in [-0.15, -0.1) is 11.3 Å². The van der Waals surface area contributed by atoms with Crippen molar-refractivity contribution >= 4 is 33.1 Å². The number of aryl methyl sites for hydroxylation is 1. The van der Waals surface area contributed by atoms with E-state index in [1.807, 2.05) is 31.2 Å². The van der Waals surface area contributed by atoms with Crippen molar-refractivity contribution in [3.63, 3.8) is 0 Å². The Morgan fingerprint density at radius 1 is 0.963 bits per heavy atom. The average Bonchev–Trinajstić information content (AvgIpc) is 3.05. The van der Waals surface area contributed by atoms with E-state index in [4.69, 9.17) is 4.99 Å². The van der Waals surface area contributed by atoms with Crippen LogP contribution in [0.4, 0.5) is 5.82 Å². The highest BCUT2D eigenvalue weighted by Gasteiger charge is 2.09. The Bertz CT molecular complexity index is 1110. The lowest BCUT2D eigenvalue weighted by molar-refractivity contribution is 0.777. The minimum Gasteiger partial charge on any atom is -0.312 e. The minimum absolute atomic E-state index is 0.737. The van der Waals surface area contributed by atoms with Gasteiger partial charge >= 0.3 is 0 Å². The van der Waals surface area contributed by atoms with Crippen molar-refractivity contribution in [2.75, 3.05) is 0 Å². The highest BCUT2D eigenvalue weighted by molar-refractivity contribution is 9.10. The van der Waals surface area contributed by atoms with Crippen LogP contribution < -0.4 is 4.80 Å². The smallest absolute Gasteiger partial charge is 0.192 e. The molecule has 0 aliphatic carbocycles. The number of hydrogen-bond donors (Lipinski definition) is 0. The van der Waals surface area contributed by atoms with Crippen LogP contribution in [0, 0.1) is 6.92 Å². The molecule has 0 bridgehead atoms. The van der Waals surface area contributed by atoms with E-state index in [9.17, 15) is 0 Å². The van der Waals surface area contributed by atoms with Gasteiger partial charge < -0.3 is 4.57 Å². The molecule has 2 aromatic carbocycles. The molecular formula is C22H18BrN3S. The third-order valence-electron chi connectivity index (χ3n) is 4.20. The number of halogens is 1. The first-order valence-electron chi connectivity index (χ1n) is 8.65. The fourth-order valence-corrected chi connectivity index (χ4v) is 4.06. The maximum absolute atomic E-state index is 4.82. The average molecular weight is 436 g/mol. The van der Waals surface area contributed by atoms with Gasteiger partial charge in [0, 0.05) is 15.5 Å². The number of thiazole rings is 1. The van der Waals surface area contributed by atoms with Gasteiger partial charge in [-0.3, -0.25) is 0 Å². The van der Waals surface area contributed by atoms with Crippen LogP contribution in [0.15, 0.2) is 87.6 Å². The van der Waals surface area contributed by atoms with E-state index in [0.717, 1.165) is 33.0 Å². The Kier molecular flexibility index (Phi) is 5.32. The Hall–Kier alpha value is -2.50. The molecule has 0 N–H and O–H groups in total. The molecule has 0 aliphatic heterocycles. The summed E-state index contributed by atoms with van der Waals surface area (Å²) in [6.07, 6.45) is 0. The summed E-state index contributed by atoms with van der Waals surface area (Å²) in [5, 5.41) is 2.17. The number of hydrogen-bond acceptors (Lipinski definition) is 3. The predicted molar refractivity (Wildman–Crippen MR) is 115 cm³/mol. The maximum atomic E-state index is 4.82. The van der Waals surface area contributed by atoms with Crippen molar-refractivity contribution in [3.05, 3.63) is 98.7 Å². The molecular weight excluding hydrogens is 418 g/mol. The molecule has 0 fully saturated rings. The second-order valence-electron chi connectivity index (χ2n) is 6.23. The van der Waals surface area contributed by atoms with Crippen molar-refractivity contribution in [2.24, 2.45) is 4.99 Å². The monoisotopic (exact) mass is 435 g/mol. The fraction of sp³-hybridized carbons (Fsp3) is 0.0909. The second-order valence-corrected chi connectivity index (χ2v) is 7.98. The first-order valence-corrected chi connectivity index (χ1v) is 10.3. The molecule has 4 rings (SSSR count). The molecule has 0 atom stereocenters. The number of pyridine rings is 1. The summed E-state index contributed by atoms with van der Waals surface area (Å²) in [6.45, 7) is 2.75. The first kappa shape index (κ1) is 17.9. The van der Waals surface area contributed by atoms with Crippen LogP contribution in [0.3, 0.4) is 0 Å². The van der Waals surface area contributed by atoms with Gasteiger partial charge in [-0.25, -0.2) is 9.98 Å². The van der Waals surface area contributed by atoms with Gasteiger partial charge in [0.2, 0.25) is 0 Å². The number of rotatable bonds is 4. The molecule has 4 aromatic rings. The molecule has 2 aromatic heterocycles. The van der Waals surface area contributed by atoms with Gasteiger partial charge in [-0.1, -0.05) is 64.5 Å². The Labute approximate surface area is 170 Å². The van der Waals surface area contributed by atoms with Crippen LogP contribution in [-0.2, 0) is 6.54 Å². The first-order chi connectivity index (χ1) is 13.2. The van der Waals surface area contributed by atoms with Crippen LogP contribution >= 0.6 is 27.3 Å². The highest BCUT2D eigenvalue weighted by Crippen LogP contribution is 2.23. The molecule has 0 spiro atoms. The van der Waals surface area contributed by atoms with Crippen LogP contribution in [-0.4, -0.2) is 9.55 Å². The molecule has 3 nitrogen and oxygen atoms in total. The van der Waals surface area contributed by atoms with Gasteiger partial charge in [0.1, 0.15) is 0 Å². The number of nitrogens with zero attached hydrogens (tertiary/aromatic N) is 3. The van der Waals surface area contributed by atoms with Gasteiger partial charge in [0.15, 0.2) is 10.6 Å². The molecule has 0 saturated heterocycles. The summed E-state index contributed by atoms with van der Waals surface area (Å²) < 4.78 is 3.33. The zero-order valence-electron chi connectivity index (χ0n) is 14.8. The Balaban J connectivity index is 1.85. The van der Waals surface area contributed by atoms with Gasteiger partial charge in [-0.05, 0) is 42.3 Å². The third kappa shape index (κ3) is 4.26. The Morgan fingerprint density at radius 3 is 2.48 bits per heavy atom. The minimum atomic E-state index is 0.737. The van der Waals surface area contributed by atoms with Gasteiger partial charge in [0.05, 0.1) is 12.2 Å². The SMILES string of the molecule is Cc1cccc(/N=c2\scc(-c3ccc(Br)cc3)n2Cc2ccccc2)n1. The van der Waals surface area contributed by atoms with E-state index in [1.54, 1.807) is 11.3 Å². The van der Waals surface area contributed by atoms with E-state index < -0.39 is 0 Å². The largest absolute Gasteiger partial charge is 0.312 e. The van der Waals surface area contributed by atoms with Crippen molar-refractivity contribution in [2.45, 2.75) is 13.5 Å². The van der Waals surface area contributed by atoms with Crippen molar-refractivity contribution < 1.29 is 0 Å². The summed E-state index contributed by atoms with van der Waals surface area (Å²) in [6, 6.07) is 24.8. The lowest BCUT2D eigenvalue weighted by Crippen LogP contribution is -2.16. The fourth-order valence-electron chi connectivity index (χ4n) is 2.88. The normalized spacial score (nSPS) is 11.7. The van der Waals surface area contributed by atoms with E-state index in [2.05, 4.69) is 79.4 Å².